The van der Waals surface area contributed by atoms with E-state index in [1.165, 1.54) is 19.2 Å². The van der Waals surface area contributed by atoms with Gasteiger partial charge in [0.15, 0.2) is 9.84 Å². The van der Waals surface area contributed by atoms with Crippen LogP contribution in [0.2, 0.25) is 0 Å². The van der Waals surface area contributed by atoms with Crippen LogP contribution in [0, 0.1) is 0 Å². The van der Waals surface area contributed by atoms with Gasteiger partial charge >= 0.3 is 5.97 Å². The fraction of sp³-hybridized carbons (Fsp3) is 0.462. The van der Waals surface area contributed by atoms with E-state index in [1.54, 1.807) is 0 Å². The minimum atomic E-state index is -3.48. The zero-order valence-electron chi connectivity index (χ0n) is 11.8. The van der Waals surface area contributed by atoms with Crippen LogP contribution in [0.25, 0.3) is 0 Å². The van der Waals surface area contributed by atoms with Gasteiger partial charge < -0.3 is 14.7 Å². The first-order valence-corrected chi connectivity index (χ1v) is 7.72. The topological polar surface area (TPSA) is 83.9 Å². The number of benzene rings is 1. The summed E-state index contributed by atoms with van der Waals surface area (Å²) in [6, 6.07) is 3.88. The van der Waals surface area contributed by atoms with E-state index in [9.17, 15) is 13.2 Å². The standard InChI is InChI=1S/C13H19NO5S/c1-14(2)7-4-8-20(17,18)10-5-6-12(19-3)11(9-10)13(15)16/h5-6,9H,4,7-8H2,1-3H3,(H,15,16). The van der Waals surface area contributed by atoms with Crippen molar-refractivity contribution < 1.29 is 23.1 Å². The summed E-state index contributed by atoms with van der Waals surface area (Å²) in [5.74, 6) is -1.09. The van der Waals surface area contributed by atoms with Crippen molar-refractivity contribution in [1.29, 1.82) is 0 Å². The predicted molar refractivity (Wildman–Crippen MR) is 75.2 cm³/mol. The maximum absolute atomic E-state index is 12.1. The van der Waals surface area contributed by atoms with Gasteiger partial charge in [-0.25, -0.2) is 13.2 Å². The van der Waals surface area contributed by atoms with E-state index < -0.39 is 15.8 Å². The number of hydrogen-bond donors (Lipinski definition) is 1. The number of carboxylic acids is 1. The van der Waals surface area contributed by atoms with E-state index in [-0.39, 0.29) is 22.0 Å². The van der Waals surface area contributed by atoms with Gasteiger partial charge in [0.1, 0.15) is 11.3 Å². The van der Waals surface area contributed by atoms with E-state index in [0.717, 1.165) is 6.07 Å². The van der Waals surface area contributed by atoms with Crippen LogP contribution in [0.1, 0.15) is 16.8 Å². The highest BCUT2D eigenvalue weighted by Gasteiger charge is 2.19. The third-order valence-corrected chi connectivity index (χ3v) is 4.58. The second kappa shape index (κ2) is 6.71. The molecule has 0 spiro atoms. The molecule has 0 heterocycles. The van der Waals surface area contributed by atoms with Crippen LogP contribution >= 0.6 is 0 Å². The highest BCUT2D eigenvalue weighted by Crippen LogP contribution is 2.23. The molecule has 0 fully saturated rings. The van der Waals surface area contributed by atoms with Crippen molar-refractivity contribution in [3.05, 3.63) is 23.8 Å². The molecule has 0 aliphatic rings. The van der Waals surface area contributed by atoms with Gasteiger partial charge in [0.05, 0.1) is 17.8 Å². The molecule has 20 heavy (non-hydrogen) atoms. The van der Waals surface area contributed by atoms with Gasteiger partial charge in [-0.15, -0.1) is 0 Å². The van der Waals surface area contributed by atoms with Crippen molar-refractivity contribution in [3.8, 4) is 5.75 Å². The quantitative estimate of drug-likeness (QED) is 0.812. The van der Waals surface area contributed by atoms with Gasteiger partial charge in [-0.3, -0.25) is 0 Å². The Bertz CT molecular complexity index is 580. The maximum atomic E-state index is 12.1. The minimum absolute atomic E-state index is 0.00876. The highest BCUT2D eigenvalue weighted by atomic mass is 32.2. The molecule has 7 heteroatoms. The average Bonchev–Trinajstić information content (AvgIpc) is 2.37. The molecule has 0 bridgehead atoms. The van der Waals surface area contributed by atoms with E-state index in [0.29, 0.717) is 13.0 Å². The Morgan fingerprint density at radius 3 is 2.50 bits per heavy atom. The predicted octanol–water partition coefficient (Wildman–Crippen LogP) is 1.12. The number of methoxy groups -OCH3 is 1. The second-order valence-electron chi connectivity index (χ2n) is 4.64. The molecule has 1 aromatic rings. The summed E-state index contributed by atoms with van der Waals surface area (Å²) >= 11 is 0. The van der Waals surface area contributed by atoms with Crippen molar-refractivity contribution >= 4 is 15.8 Å². The summed E-state index contributed by atoms with van der Waals surface area (Å²) in [6.07, 6.45) is 0.490. The van der Waals surface area contributed by atoms with Crippen LogP contribution in [0.5, 0.6) is 5.75 Å². The molecule has 0 radical (unpaired) electrons. The van der Waals surface area contributed by atoms with Gasteiger partial charge in [-0.05, 0) is 45.3 Å². The summed E-state index contributed by atoms with van der Waals surface area (Å²) < 4.78 is 29.2. The molecular formula is C13H19NO5S. The van der Waals surface area contributed by atoms with E-state index >= 15 is 0 Å². The zero-order valence-corrected chi connectivity index (χ0v) is 12.6. The van der Waals surface area contributed by atoms with Crippen LogP contribution in [0.15, 0.2) is 23.1 Å². The number of rotatable bonds is 7. The summed E-state index contributed by atoms with van der Waals surface area (Å²) in [5, 5.41) is 9.05. The van der Waals surface area contributed by atoms with Crippen molar-refractivity contribution in [2.24, 2.45) is 0 Å². The van der Waals surface area contributed by atoms with Gasteiger partial charge in [0.25, 0.3) is 0 Å². The molecule has 0 atom stereocenters. The molecule has 0 amide bonds. The summed E-state index contributed by atoms with van der Waals surface area (Å²) in [6.45, 7) is 0.654. The zero-order chi connectivity index (χ0) is 15.3. The molecule has 0 saturated carbocycles. The third-order valence-electron chi connectivity index (χ3n) is 2.78. The number of sulfone groups is 1. The summed E-state index contributed by atoms with van der Waals surface area (Å²) in [4.78, 5) is 13.0. The molecule has 0 saturated heterocycles. The van der Waals surface area contributed by atoms with Crippen LogP contribution < -0.4 is 4.74 Å². The smallest absolute Gasteiger partial charge is 0.339 e. The fourth-order valence-electron chi connectivity index (χ4n) is 1.74. The molecular weight excluding hydrogens is 282 g/mol. The largest absolute Gasteiger partial charge is 0.496 e. The van der Waals surface area contributed by atoms with Crippen LogP contribution in [-0.2, 0) is 9.84 Å². The first-order valence-electron chi connectivity index (χ1n) is 6.06. The molecule has 0 aliphatic heterocycles. The molecule has 112 valence electrons. The Kier molecular flexibility index (Phi) is 5.52. The van der Waals surface area contributed by atoms with Crippen molar-refractivity contribution in [2.75, 3.05) is 33.5 Å². The first-order chi connectivity index (χ1) is 9.27. The van der Waals surface area contributed by atoms with Gasteiger partial charge in [-0.1, -0.05) is 0 Å². The Balaban J connectivity index is 3.01. The number of nitrogens with zero attached hydrogens (tertiary/aromatic N) is 1. The Morgan fingerprint density at radius 1 is 1.35 bits per heavy atom. The fourth-order valence-corrected chi connectivity index (χ4v) is 3.05. The lowest BCUT2D eigenvalue weighted by Gasteiger charge is -2.11. The Morgan fingerprint density at radius 2 is 2.00 bits per heavy atom. The molecule has 1 N–H and O–H groups in total. The molecule has 6 nitrogen and oxygen atoms in total. The number of carboxylic acid groups (broad SMARTS) is 1. The van der Waals surface area contributed by atoms with Crippen molar-refractivity contribution in [1.82, 2.24) is 4.90 Å². The lowest BCUT2D eigenvalue weighted by Crippen LogP contribution is -2.17. The lowest BCUT2D eigenvalue weighted by atomic mass is 10.2. The third kappa shape index (κ3) is 4.21. The highest BCUT2D eigenvalue weighted by molar-refractivity contribution is 7.91. The van der Waals surface area contributed by atoms with Crippen LogP contribution in [-0.4, -0.2) is 57.9 Å². The number of carbonyl (C=O) groups is 1. The summed E-state index contributed by atoms with van der Waals surface area (Å²) in [7, 11) is 1.59. The molecule has 0 unspecified atom stereocenters. The SMILES string of the molecule is COc1ccc(S(=O)(=O)CCCN(C)C)cc1C(=O)O. The molecule has 0 aliphatic carbocycles. The van der Waals surface area contributed by atoms with E-state index in [4.69, 9.17) is 9.84 Å². The number of ether oxygens (including phenoxy) is 1. The number of aromatic carboxylic acids is 1. The molecule has 1 aromatic carbocycles. The normalized spacial score (nSPS) is 11.6. The van der Waals surface area contributed by atoms with Crippen LogP contribution in [0.3, 0.4) is 0 Å². The maximum Gasteiger partial charge on any atom is 0.339 e. The van der Waals surface area contributed by atoms with Gasteiger partial charge in [0, 0.05) is 0 Å². The monoisotopic (exact) mass is 301 g/mol. The molecule has 0 aromatic heterocycles. The van der Waals surface area contributed by atoms with E-state index in [1.807, 2.05) is 19.0 Å². The minimum Gasteiger partial charge on any atom is -0.496 e. The van der Waals surface area contributed by atoms with E-state index in [2.05, 4.69) is 0 Å². The number of hydrogen-bond acceptors (Lipinski definition) is 5. The van der Waals surface area contributed by atoms with Crippen molar-refractivity contribution in [3.63, 3.8) is 0 Å². The second-order valence-corrected chi connectivity index (χ2v) is 6.75. The van der Waals surface area contributed by atoms with Gasteiger partial charge in [0.2, 0.25) is 0 Å². The Hall–Kier alpha value is -1.60. The van der Waals surface area contributed by atoms with Crippen molar-refractivity contribution in [2.45, 2.75) is 11.3 Å². The van der Waals surface area contributed by atoms with Gasteiger partial charge in [-0.2, -0.15) is 0 Å². The first kappa shape index (κ1) is 16.5. The van der Waals surface area contributed by atoms with Crippen LogP contribution in [0.4, 0.5) is 0 Å². The average molecular weight is 301 g/mol. The summed E-state index contributed by atoms with van der Waals surface area (Å²) in [5.41, 5.74) is -0.152. The molecule has 1 rings (SSSR count). The lowest BCUT2D eigenvalue weighted by molar-refractivity contribution is 0.0693. The Labute approximate surface area is 118 Å².